The molecule has 5 heteroatoms. The minimum atomic E-state index is -0.343. The van der Waals surface area contributed by atoms with E-state index in [0.29, 0.717) is 5.82 Å². The van der Waals surface area contributed by atoms with Crippen LogP contribution in [0, 0.1) is 0 Å². The van der Waals surface area contributed by atoms with Gasteiger partial charge in [0, 0.05) is 5.56 Å². The topological polar surface area (TPSA) is 84.1 Å². The van der Waals surface area contributed by atoms with E-state index in [1.54, 1.807) is 0 Å². The second kappa shape index (κ2) is 6.00. The summed E-state index contributed by atoms with van der Waals surface area (Å²) in [6, 6.07) is 0. The lowest BCUT2D eigenvalue weighted by Gasteiger charge is -2.32. The van der Waals surface area contributed by atoms with Gasteiger partial charge in [-0.1, -0.05) is 27.7 Å². The third-order valence-corrected chi connectivity index (χ3v) is 3.53. The van der Waals surface area contributed by atoms with Crippen molar-refractivity contribution in [1.82, 2.24) is 9.97 Å². The van der Waals surface area contributed by atoms with Crippen LogP contribution >= 0.6 is 0 Å². The summed E-state index contributed by atoms with van der Waals surface area (Å²) in [5.74, 6) is 1.47. The number of aliphatic hydroxyl groups is 1. The van der Waals surface area contributed by atoms with Crippen LogP contribution in [0.5, 0.6) is 0 Å². The Morgan fingerprint density at radius 3 is 2.39 bits per heavy atom. The summed E-state index contributed by atoms with van der Waals surface area (Å²) in [5.41, 5.74) is 6.48. The minimum Gasteiger partial charge on any atom is -0.394 e. The van der Waals surface area contributed by atoms with Crippen molar-refractivity contribution in [2.45, 2.75) is 52.0 Å². The molecule has 5 nitrogen and oxygen atoms in total. The molecule has 1 rings (SSSR count). The summed E-state index contributed by atoms with van der Waals surface area (Å²) < 4.78 is 0. The van der Waals surface area contributed by atoms with E-state index in [4.69, 9.17) is 5.73 Å². The van der Waals surface area contributed by atoms with Crippen LogP contribution in [0.1, 0.15) is 52.0 Å². The third-order valence-electron chi connectivity index (χ3n) is 3.53. The van der Waals surface area contributed by atoms with E-state index in [-0.39, 0.29) is 18.1 Å². The Bertz CT molecular complexity index is 380. The number of aliphatic hydroxyl groups excluding tert-OH is 1. The average molecular weight is 252 g/mol. The number of rotatable bonds is 6. The third kappa shape index (κ3) is 2.90. The first-order chi connectivity index (χ1) is 8.49. The highest BCUT2D eigenvalue weighted by Crippen LogP contribution is 2.30. The number of anilines is 2. The van der Waals surface area contributed by atoms with Crippen molar-refractivity contribution in [2.24, 2.45) is 0 Å². The molecule has 1 heterocycles. The first-order valence-corrected chi connectivity index (χ1v) is 6.49. The number of nitrogens with zero attached hydrogens (tertiary/aromatic N) is 2. The van der Waals surface area contributed by atoms with Gasteiger partial charge >= 0.3 is 0 Å². The molecule has 0 unspecified atom stereocenters. The molecule has 0 radical (unpaired) electrons. The molecular weight excluding hydrogens is 228 g/mol. The largest absolute Gasteiger partial charge is 0.394 e. The fraction of sp³-hybridized carbons (Fsp3) is 0.692. The lowest BCUT2D eigenvalue weighted by Crippen LogP contribution is -2.41. The maximum atomic E-state index is 9.60. The fourth-order valence-electron chi connectivity index (χ4n) is 2.02. The highest BCUT2D eigenvalue weighted by molar-refractivity contribution is 5.57. The first kappa shape index (κ1) is 14.7. The van der Waals surface area contributed by atoms with Crippen molar-refractivity contribution in [3.05, 3.63) is 11.9 Å². The van der Waals surface area contributed by atoms with Gasteiger partial charge in [0.2, 0.25) is 0 Å². The van der Waals surface area contributed by atoms with E-state index < -0.39 is 0 Å². The molecule has 102 valence electrons. The van der Waals surface area contributed by atoms with Crippen LogP contribution in [-0.2, 0) is 0 Å². The summed E-state index contributed by atoms with van der Waals surface area (Å²) in [6.45, 7) is 8.28. The molecule has 1 aromatic heterocycles. The van der Waals surface area contributed by atoms with Crippen molar-refractivity contribution in [3.63, 3.8) is 0 Å². The molecular formula is C13H24N4O. The molecule has 0 atom stereocenters. The molecule has 0 aliphatic carbocycles. The minimum absolute atomic E-state index is 0.0709. The Labute approximate surface area is 109 Å². The van der Waals surface area contributed by atoms with Crippen molar-refractivity contribution < 1.29 is 5.11 Å². The summed E-state index contributed by atoms with van der Waals surface area (Å²) in [6.07, 6.45) is 3.10. The van der Waals surface area contributed by atoms with Gasteiger partial charge < -0.3 is 16.2 Å². The number of nitrogens with one attached hydrogen (secondary N) is 1. The first-order valence-electron chi connectivity index (χ1n) is 6.49. The summed E-state index contributed by atoms with van der Waals surface area (Å²) in [5, 5.41) is 13.0. The number of nitrogen functional groups attached to an aromatic ring is 1. The highest BCUT2D eigenvalue weighted by atomic mass is 16.3. The van der Waals surface area contributed by atoms with E-state index in [2.05, 4.69) is 29.1 Å². The predicted molar refractivity (Wildman–Crippen MR) is 74.6 cm³/mol. The molecule has 0 bridgehead atoms. The number of aromatic nitrogens is 2. The molecule has 0 aromatic carbocycles. The van der Waals surface area contributed by atoms with Gasteiger partial charge in [0.15, 0.2) is 0 Å². The van der Waals surface area contributed by atoms with E-state index in [0.717, 1.165) is 24.2 Å². The second-order valence-electron chi connectivity index (χ2n) is 4.95. The molecule has 0 spiro atoms. The van der Waals surface area contributed by atoms with E-state index in [1.807, 2.05) is 13.8 Å². The smallest absolute Gasteiger partial charge is 0.135 e. The van der Waals surface area contributed by atoms with Gasteiger partial charge in [-0.25, -0.2) is 9.97 Å². The maximum absolute atomic E-state index is 9.60. The molecule has 0 aliphatic rings. The molecule has 0 aliphatic heterocycles. The molecule has 1 aromatic rings. The Balaban J connectivity index is 3.14. The van der Waals surface area contributed by atoms with Gasteiger partial charge in [-0.3, -0.25) is 0 Å². The standard InChI is InChI=1S/C13H24N4O/c1-5-13(6-2,7-18)17-12-10(9(3)4)11(14)15-8-16-12/h8-9,18H,5-7H2,1-4H3,(H3,14,15,16,17). The maximum Gasteiger partial charge on any atom is 0.135 e. The molecule has 0 fully saturated rings. The van der Waals surface area contributed by atoms with Crippen LogP contribution in [0.3, 0.4) is 0 Å². The summed E-state index contributed by atoms with van der Waals surface area (Å²) in [7, 11) is 0. The van der Waals surface area contributed by atoms with Gasteiger partial charge in [0.1, 0.15) is 18.0 Å². The van der Waals surface area contributed by atoms with Crippen LogP contribution in [0.15, 0.2) is 6.33 Å². The Hall–Kier alpha value is -1.36. The lowest BCUT2D eigenvalue weighted by atomic mass is 9.93. The van der Waals surface area contributed by atoms with Gasteiger partial charge in [0.25, 0.3) is 0 Å². The lowest BCUT2D eigenvalue weighted by molar-refractivity contribution is 0.202. The zero-order valence-electron chi connectivity index (χ0n) is 11.7. The predicted octanol–water partition coefficient (Wildman–Crippen LogP) is 2.15. The normalized spacial score (nSPS) is 11.9. The van der Waals surface area contributed by atoms with Gasteiger partial charge in [-0.15, -0.1) is 0 Å². The van der Waals surface area contributed by atoms with Crippen molar-refractivity contribution in [3.8, 4) is 0 Å². The second-order valence-corrected chi connectivity index (χ2v) is 4.95. The average Bonchev–Trinajstić information content (AvgIpc) is 2.35. The number of hydrogen-bond donors (Lipinski definition) is 3. The number of hydrogen-bond acceptors (Lipinski definition) is 5. The Kier molecular flexibility index (Phi) is 4.90. The Morgan fingerprint density at radius 2 is 1.94 bits per heavy atom. The van der Waals surface area contributed by atoms with Crippen LogP contribution < -0.4 is 11.1 Å². The molecule has 0 saturated heterocycles. The number of nitrogens with two attached hydrogens (primary N) is 1. The van der Waals surface area contributed by atoms with E-state index >= 15 is 0 Å². The Morgan fingerprint density at radius 1 is 1.33 bits per heavy atom. The van der Waals surface area contributed by atoms with Crippen molar-refractivity contribution in [1.29, 1.82) is 0 Å². The van der Waals surface area contributed by atoms with Crippen LogP contribution in [0.25, 0.3) is 0 Å². The monoisotopic (exact) mass is 252 g/mol. The van der Waals surface area contributed by atoms with Crippen molar-refractivity contribution >= 4 is 11.6 Å². The van der Waals surface area contributed by atoms with Gasteiger partial charge in [0.05, 0.1) is 12.1 Å². The quantitative estimate of drug-likeness (QED) is 0.722. The molecule has 18 heavy (non-hydrogen) atoms. The zero-order chi connectivity index (χ0) is 13.8. The van der Waals surface area contributed by atoms with Gasteiger partial charge in [-0.2, -0.15) is 0 Å². The van der Waals surface area contributed by atoms with Crippen molar-refractivity contribution in [2.75, 3.05) is 17.7 Å². The van der Waals surface area contributed by atoms with Crippen LogP contribution in [0.4, 0.5) is 11.6 Å². The van der Waals surface area contributed by atoms with Gasteiger partial charge in [-0.05, 0) is 18.8 Å². The molecule has 0 saturated carbocycles. The van der Waals surface area contributed by atoms with E-state index in [1.165, 1.54) is 6.33 Å². The summed E-state index contributed by atoms with van der Waals surface area (Å²) in [4.78, 5) is 8.31. The zero-order valence-corrected chi connectivity index (χ0v) is 11.7. The molecule has 0 amide bonds. The van der Waals surface area contributed by atoms with Crippen LogP contribution in [0.2, 0.25) is 0 Å². The molecule has 4 N–H and O–H groups in total. The van der Waals surface area contributed by atoms with E-state index in [9.17, 15) is 5.11 Å². The summed E-state index contributed by atoms with van der Waals surface area (Å²) >= 11 is 0. The highest BCUT2D eigenvalue weighted by Gasteiger charge is 2.27. The SMILES string of the molecule is CCC(CC)(CO)Nc1ncnc(N)c1C(C)C. The fourth-order valence-corrected chi connectivity index (χ4v) is 2.02. The van der Waals surface area contributed by atoms with Crippen LogP contribution in [-0.4, -0.2) is 27.2 Å².